The zero-order valence-electron chi connectivity index (χ0n) is 33.1. The summed E-state index contributed by atoms with van der Waals surface area (Å²) >= 11 is 31.1. The van der Waals surface area contributed by atoms with Crippen molar-refractivity contribution in [3.8, 4) is 11.4 Å². The van der Waals surface area contributed by atoms with Crippen molar-refractivity contribution in [2.45, 2.75) is 70.5 Å². The number of thioether (sulfide) groups is 2. The van der Waals surface area contributed by atoms with Crippen LogP contribution in [0.2, 0.25) is 20.1 Å². The maximum absolute atomic E-state index is 12.6. The van der Waals surface area contributed by atoms with Gasteiger partial charge in [0, 0.05) is 22.9 Å². The molecule has 0 aliphatic heterocycles. The van der Waals surface area contributed by atoms with Crippen LogP contribution in [0.5, 0.6) is 0 Å². The predicted octanol–water partition coefficient (Wildman–Crippen LogP) is 8.35. The van der Waals surface area contributed by atoms with E-state index in [1.807, 2.05) is 30.3 Å². The quantitative estimate of drug-likeness (QED) is 0.0773. The number of Topliss-reactive ketones (excluding diaryl/α,β-unsaturated/α-hetero) is 2. The molecule has 2 aromatic heterocycles. The number of sulfonamides is 2. The van der Waals surface area contributed by atoms with Gasteiger partial charge in [0.1, 0.15) is 11.6 Å². The summed E-state index contributed by atoms with van der Waals surface area (Å²) in [5.41, 5.74) is 10.8. The van der Waals surface area contributed by atoms with Crippen LogP contribution in [0.1, 0.15) is 59.8 Å². The van der Waals surface area contributed by atoms with Crippen molar-refractivity contribution < 1.29 is 26.4 Å². The maximum Gasteiger partial charge on any atom is 0.238 e. The number of anilines is 1. The summed E-state index contributed by atoms with van der Waals surface area (Å²) in [7, 11) is -7.73. The molecule has 6 N–H and O–H groups in total. The van der Waals surface area contributed by atoms with Gasteiger partial charge in [-0.1, -0.05) is 94.2 Å². The average Bonchev–Trinajstić information content (AvgIpc) is 4.17. The average molecular weight is 1090 g/mol. The molecular weight excluding hydrogens is 1050 g/mol. The Labute approximate surface area is 405 Å². The number of carbonyl (C=O) groups excluding carboxylic acids is 2. The molecule has 0 bridgehead atoms. The zero-order chi connectivity index (χ0) is 46.1. The summed E-state index contributed by atoms with van der Waals surface area (Å²) < 4.78 is 49.6. The number of nitrogens with two attached hydrogens (primary N) is 3. The van der Waals surface area contributed by atoms with Crippen LogP contribution in [-0.4, -0.2) is 69.4 Å². The molecule has 2 fully saturated rings. The van der Waals surface area contributed by atoms with E-state index in [0.29, 0.717) is 53.7 Å². The van der Waals surface area contributed by atoms with Crippen LogP contribution >= 0.6 is 85.9 Å². The van der Waals surface area contributed by atoms with Crippen molar-refractivity contribution in [1.82, 2.24) is 29.5 Å². The number of ketones is 2. The largest absolute Gasteiger partial charge is 0.368 e. The first-order chi connectivity index (χ1) is 30.3. The van der Waals surface area contributed by atoms with E-state index in [0.717, 1.165) is 5.69 Å². The predicted molar refractivity (Wildman–Crippen MR) is 253 cm³/mol. The van der Waals surface area contributed by atoms with Crippen LogP contribution in [0.25, 0.3) is 11.4 Å². The number of benzene rings is 4. The van der Waals surface area contributed by atoms with Crippen LogP contribution in [-0.2, 0) is 42.5 Å². The van der Waals surface area contributed by atoms with Crippen LogP contribution < -0.4 is 16.0 Å². The minimum absolute atomic E-state index is 0.0250. The van der Waals surface area contributed by atoms with E-state index in [9.17, 15) is 26.4 Å². The molecule has 2 aliphatic rings. The summed E-state index contributed by atoms with van der Waals surface area (Å²) in [5, 5.41) is 28.8. The van der Waals surface area contributed by atoms with E-state index in [2.05, 4.69) is 42.4 Å². The van der Waals surface area contributed by atoms with Gasteiger partial charge in [0.05, 0.1) is 42.7 Å². The van der Waals surface area contributed by atoms with E-state index < -0.39 is 20.0 Å². The second-order valence-electron chi connectivity index (χ2n) is 14.8. The monoisotopic (exact) mass is 1080 g/mol. The third kappa shape index (κ3) is 12.1. The van der Waals surface area contributed by atoms with Crippen molar-refractivity contribution >= 4 is 123 Å². The van der Waals surface area contributed by atoms with Gasteiger partial charge >= 0.3 is 0 Å². The van der Waals surface area contributed by atoms with Gasteiger partial charge in [-0.3, -0.25) is 18.7 Å². The molecule has 8 rings (SSSR count). The number of nitrogens with zero attached hydrogens (tertiary/aromatic N) is 6. The number of halogens is 5. The standard InChI is InChI=1S/C20H17BrCl2N4O3S2.C20H19Cl2N5O3S2/c21-19-25-26-20(27(19)18-6-4-12(8-17(18)23)11-1-2-11)31-10-14(28)7-13-3-5-15(9-16(13)22)32(24,29)30;21-16-9-15(32(24,29)30)5-3-13(16)7-14(28)10-31-20-26-25-19(23)27(20)18-6-4-12(8-17(18)22)11-1-2-11/h3-6,8-9,11H,1-2,7,10H2,(H2,24,29,30);3-6,8-9,11H,1-2,7,10H2,(H2,23,25)(H2,24,29,30). The van der Waals surface area contributed by atoms with Crippen molar-refractivity contribution in [3.05, 3.63) is 120 Å². The van der Waals surface area contributed by atoms with Gasteiger partial charge in [0.15, 0.2) is 10.3 Å². The van der Waals surface area contributed by atoms with Crippen molar-refractivity contribution in [2.75, 3.05) is 17.2 Å². The second-order valence-corrected chi connectivity index (χ2v) is 22.2. The van der Waals surface area contributed by atoms with Crippen LogP contribution in [0, 0.1) is 0 Å². The molecule has 0 saturated heterocycles. The molecule has 2 saturated carbocycles. The molecule has 0 unspecified atom stereocenters. The SMILES string of the molecule is NS(=O)(=O)c1ccc(CC(=O)CSc2nnc(Br)n2-c2ccc(C3CC3)cc2Cl)c(Cl)c1.Nc1nnc(SCC(=O)Cc2ccc(S(N)(=O)=O)cc2Cl)n1-c1ccc(C2CC2)cc1Cl. The lowest BCUT2D eigenvalue weighted by Crippen LogP contribution is -2.13. The molecule has 0 spiro atoms. The summed E-state index contributed by atoms with van der Waals surface area (Å²) in [4.78, 5) is 24.9. The summed E-state index contributed by atoms with van der Waals surface area (Å²) in [6, 6.07) is 19.9. The Morgan fingerprint density at radius 1 is 0.609 bits per heavy atom. The molecule has 0 radical (unpaired) electrons. The van der Waals surface area contributed by atoms with Gasteiger partial charge in [0.25, 0.3) is 0 Å². The highest BCUT2D eigenvalue weighted by molar-refractivity contribution is 9.10. The smallest absolute Gasteiger partial charge is 0.238 e. The van der Waals surface area contributed by atoms with Gasteiger partial charge in [-0.15, -0.1) is 20.4 Å². The number of hydrogen-bond acceptors (Lipinski definition) is 13. The lowest BCUT2D eigenvalue weighted by molar-refractivity contribution is -0.116. The first-order valence-corrected chi connectivity index (χ1v) is 26.5. The van der Waals surface area contributed by atoms with E-state index >= 15 is 0 Å². The molecule has 336 valence electrons. The number of primary sulfonamides is 2. The number of hydrogen-bond donors (Lipinski definition) is 3. The van der Waals surface area contributed by atoms with E-state index in [1.165, 1.54) is 96.7 Å². The first-order valence-electron chi connectivity index (χ1n) is 19.1. The zero-order valence-corrected chi connectivity index (χ0v) is 41.0. The fourth-order valence-electron chi connectivity index (χ4n) is 6.41. The molecular formula is C40H36BrCl4N9O6S4. The Bertz CT molecular complexity index is 2820. The second kappa shape index (κ2) is 20.1. The first kappa shape index (κ1) is 48.4. The van der Waals surface area contributed by atoms with Crippen LogP contribution in [0.4, 0.5) is 5.95 Å². The molecule has 4 aromatic carbocycles. The topological polar surface area (TPSA) is 242 Å². The van der Waals surface area contributed by atoms with Crippen molar-refractivity contribution in [3.63, 3.8) is 0 Å². The molecule has 64 heavy (non-hydrogen) atoms. The van der Waals surface area contributed by atoms with Crippen molar-refractivity contribution in [2.24, 2.45) is 10.3 Å². The minimum Gasteiger partial charge on any atom is -0.368 e. The molecule has 24 heteroatoms. The number of carbonyl (C=O) groups is 2. The Hall–Kier alpha value is -3.54. The highest BCUT2D eigenvalue weighted by Gasteiger charge is 2.27. The normalized spacial score (nSPS) is 14.0. The van der Waals surface area contributed by atoms with Crippen molar-refractivity contribution in [1.29, 1.82) is 0 Å². The highest BCUT2D eigenvalue weighted by atomic mass is 79.9. The van der Waals surface area contributed by atoms with E-state index in [4.69, 9.17) is 62.4 Å². The molecule has 0 atom stereocenters. The number of nitrogen functional groups attached to an aromatic ring is 1. The highest BCUT2D eigenvalue weighted by Crippen LogP contribution is 2.43. The Morgan fingerprint density at radius 3 is 1.44 bits per heavy atom. The van der Waals surface area contributed by atoms with Gasteiger partial charge in [-0.25, -0.2) is 27.1 Å². The Kier molecular flexibility index (Phi) is 15.2. The van der Waals surface area contributed by atoms with E-state index in [-0.39, 0.29) is 61.7 Å². The van der Waals surface area contributed by atoms with Gasteiger partial charge in [-0.05, 0) is 124 Å². The summed E-state index contributed by atoms with van der Waals surface area (Å²) in [5.74, 6) is 1.28. The molecule has 6 aromatic rings. The maximum atomic E-state index is 12.6. The van der Waals surface area contributed by atoms with Gasteiger partial charge in [-0.2, -0.15) is 0 Å². The lowest BCUT2D eigenvalue weighted by Gasteiger charge is -2.11. The van der Waals surface area contributed by atoms with Gasteiger partial charge in [0.2, 0.25) is 30.7 Å². The third-order valence-electron chi connectivity index (χ3n) is 9.98. The fourth-order valence-corrected chi connectivity index (χ4v) is 10.8. The molecule has 2 aliphatic carbocycles. The van der Waals surface area contributed by atoms with Gasteiger partial charge < -0.3 is 5.73 Å². The molecule has 2 heterocycles. The van der Waals surface area contributed by atoms with E-state index in [1.54, 1.807) is 9.13 Å². The minimum atomic E-state index is -3.87. The summed E-state index contributed by atoms with van der Waals surface area (Å²) in [6.45, 7) is 0. The Morgan fingerprint density at radius 2 is 1.03 bits per heavy atom. The third-order valence-corrected chi connectivity index (χ3v) is 15.6. The van der Waals surface area contributed by atoms with Crippen LogP contribution in [0.15, 0.2) is 97.6 Å². The molecule has 0 amide bonds. The fraction of sp³-hybridized carbons (Fsp3) is 0.250. The Balaban J connectivity index is 0.000000191. The summed E-state index contributed by atoms with van der Waals surface area (Å²) in [6.07, 6.45) is 4.78. The molecule has 15 nitrogen and oxygen atoms in total. The lowest BCUT2D eigenvalue weighted by atomic mass is 10.1. The number of rotatable bonds is 16. The van der Waals surface area contributed by atoms with Crippen LogP contribution in [0.3, 0.4) is 0 Å². The number of aromatic nitrogens is 6.